The van der Waals surface area contributed by atoms with Crippen LogP contribution in [0.5, 0.6) is 0 Å². The third kappa shape index (κ3) is 2.12. The van der Waals surface area contributed by atoms with Crippen LogP contribution in [0.2, 0.25) is 0 Å². The van der Waals surface area contributed by atoms with Gasteiger partial charge in [-0.25, -0.2) is 4.39 Å². The maximum absolute atomic E-state index is 13.4. The minimum absolute atomic E-state index is 0.138. The van der Waals surface area contributed by atoms with E-state index in [1.54, 1.807) is 13.0 Å². The summed E-state index contributed by atoms with van der Waals surface area (Å²) in [5.74, 6) is -0.615. The molecule has 0 aromatic heterocycles. The molecule has 13 heavy (non-hydrogen) atoms. The molecule has 1 aromatic rings. The molecular weight excluding hydrogens is 306 g/mol. The van der Waals surface area contributed by atoms with Crippen LogP contribution in [0, 0.1) is 12.7 Å². The van der Waals surface area contributed by atoms with Crippen LogP contribution in [-0.4, -0.2) is 17.2 Å². The fourth-order valence-corrected chi connectivity index (χ4v) is 2.26. The average molecular weight is 312 g/mol. The SMILES string of the molecule is Cc1c(Br)cc(Br)c(B(O)O)c1F. The first-order valence-electron chi connectivity index (χ1n) is 3.45. The molecular formula is C7H6BBr2FO2. The van der Waals surface area contributed by atoms with E-state index in [1.165, 1.54) is 0 Å². The molecule has 0 atom stereocenters. The van der Waals surface area contributed by atoms with Gasteiger partial charge in [0.2, 0.25) is 0 Å². The fraction of sp³-hybridized carbons (Fsp3) is 0.143. The number of benzene rings is 1. The Bertz CT molecular complexity index is 344. The van der Waals surface area contributed by atoms with Crippen LogP contribution in [0.1, 0.15) is 5.56 Å². The highest BCUT2D eigenvalue weighted by atomic mass is 79.9. The molecule has 70 valence electrons. The second-order valence-corrected chi connectivity index (χ2v) is 4.28. The van der Waals surface area contributed by atoms with Gasteiger partial charge in [-0.15, -0.1) is 0 Å². The molecule has 1 aromatic carbocycles. The van der Waals surface area contributed by atoms with Crippen LogP contribution in [0.4, 0.5) is 4.39 Å². The van der Waals surface area contributed by atoms with Gasteiger partial charge >= 0.3 is 7.12 Å². The first-order valence-corrected chi connectivity index (χ1v) is 5.04. The lowest BCUT2D eigenvalue weighted by Crippen LogP contribution is -2.34. The average Bonchev–Trinajstić information content (AvgIpc) is 1.99. The largest absolute Gasteiger partial charge is 0.492 e. The first kappa shape index (κ1) is 11.2. The van der Waals surface area contributed by atoms with Crippen molar-refractivity contribution in [2.24, 2.45) is 0 Å². The predicted molar refractivity (Wildman–Crippen MR) is 56.4 cm³/mol. The van der Waals surface area contributed by atoms with E-state index < -0.39 is 12.9 Å². The van der Waals surface area contributed by atoms with E-state index in [2.05, 4.69) is 31.9 Å². The Hall–Kier alpha value is 0.0949. The summed E-state index contributed by atoms with van der Waals surface area (Å²) < 4.78 is 14.3. The molecule has 0 bridgehead atoms. The second-order valence-electron chi connectivity index (χ2n) is 2.57. The van der Waals surface area contributed by atoms with E-state index in [4.69, 9.17) is 10.0 Å². The highest BCUT2D eigenvalue weighted by Crippen LogP contribution is 2.22. The summed E-state index contributed by atoms with van der Waals surface area (Å²) >= 11 is 6.19. The summed E-state index contributed by atoms with van der Waals surface area (Å²) in [5.41, 5.74) is 0.215. The number of hydrogen-bond donors (Lipinski definition) is 2. The Morgan fingerprint density at radius 1 is 1.31 bits per heavy atom. The van der Waals surface area contributed by atoms with Gasteiger partial charge in [-0.2, -0.15) is 0 Å². The van der Waals surface area contributed by atoms with Crippen LogP contribution in [0.25, 0.3) is 0 Å². The zero-order chi connectivity index (χ0) is 10.2. The lowest BCUT2D eigenvalue weighted by Gasteiger charge is -2.08. The molecule has 0 aliphatic rings. The van der Waals surface area contributed by atoms with Crippen molar-refractivity contribution in [3.8, 4) is 0 Å². The van der Waals surface area contributed by atoms with Gasteiger partial charge in [0.15, 0.2) is 0 Å². The Labute approximate surface area is 92.2 Å². The van der Waals surface area contributed by atoms with Crippen molar-refractivity contribution < 1.29 is 14.4 Å². The molecule has 0 aliphatic heterocycles. The summed E-state index contributed by atoms with van der Waals surface area (Å²) in [6.07, 6.45) is 0. The highest BCUT2D eigenvalue weighted by Gasteiger charge is 2.22. The lowest BCUT2D eigenvalue weighted by molar-refractivity contribution is 0.422. The molecule has 0 aliphatic carbocycles. The zero-order valence-electron chi connectivity index (χ0n) is 6.68. The molecule has 0 heterocycles. The van der Waals surface area contributed by atoms with E-state index in [-0.39, 0.29) is 5.46 Å². The minimum atomic E-state index is -1.80. The van der Waals surface area contributed by atoms with Gasteiger partial charge in [-0.3, -0.25) is 0 Å². The van der Waals surface area contributed by atoms with Crippen molar-refractivity contribution in [1.29, 1.82) is 0 Å². The van der Waals surface area contributed by atoms with Gasteiger partial charge in [0.05, 0.1) is 0 Å². The van der Waals surface area contributed by atoms with Crippen molar-refractivity contribution in [3.05, 3.63) is 26.4 Å². The predicted octanol–water partition coefficient (Wildman–Crippen LogP) is 1.34. The second kappa shape index (κ2) is 4.08. The molecule has 0 spiro atoms. The van der Waals surface area contributed by atoms with Crippen molar-refractivity contribution in [1.82, 2.24) is 0 Å². The van der Waals surface area contributed by atoms with Crippen LogP contribution in [0.15, 0.2) is 15.0 Å². The van der Waals surface area contributed by atoms with Gasteiger partial charge in [0.25, 0.3) is 0 Å². The molecule has 2 nitrogen and oxygen atoms in total. The molecule has 0 saturated carbocycles. The molecule has 0 radical (unpaired) electrons. The van der Waals surface area contributed by atoms with E-state index in [0.29, 0.717) is 14.5 Å². The van der Waals surface area contributed by atoms with Crippen molar-refractivity contribution in [2.75, 3.05) is 0 Å². The Morgan fingerprint density at radius 2 is 1.85 bits per heavy atom. The summed E-state index contributed by atoms with van der Waals surface area (Å²) in [4.78, 5) is 0. The summed E-state index contributed by atoms with van der Waals surface area (Å²) in [7, 11) is -1.80. The van der Waals surface area contributed by atoms with E-state index >= 15 is 0 Å². The van der Waals surface area contributed by atoms with Crippen LogP contribution in [0.3, 0.4) is 0 Å². The summed E-state index contributed by atoms with van der Waals surface area (Å²) in [6, 6.07) is 1.58. The molecule has 1 rings (SSSR count). The first-order chi connectivity index (χ1) is 5.95. The van der Waals surface area contributed by atoms with Gasteiger partial charge in [-0.05, 0) is 18.6 Å². The third-order valence-electron chi connectivity index (χ3n) is 1.69. The molecule has 0 amide bonds. The number of halogens is 3. The van der Waals surface area contributed by atoms with Crippen molar-refractivity contribution >= 4 is 44.4 Å². The Morgan fingerprint density at radius 3 is 2.31 bits per heavy atom. The summed E-state index contributed by atoms with van der Waals surface area (Å²) in [5, 5.41) is 17.7. The molecule has 0 saturated heterocycles. The van der Waals surface area contributed by atoms with E-state index in [9.17, 15) is 4.39 Å². The number of rotatable bonds is 1. The topological polar surface area (TPSA) is 40.5 Å². The van der Waals surface area contributed by atoms with Crippen LogP contribution in [-0.2, 0) is 0 Å². The fourth-order valence-electron chi connectivity index (χ4n) is 0.946. The minimum Gasteiger partial charge on any atom is -0.423 e. The smallest absolute Gasteiger partial charge is 0.423 e. The lowest BCUT2D eigenvalue weighted by atomic mass is 9.79. The van der Waals surface area contributed by atoms with E-state index in [1.807, 2.05) is 0 Å². The maximum atomic E-state index is 13.4. The van der Waals surface area contributed by atoms with Crippen LogP contribution >= 0.6 is 31.9 Å². The normalized spacial score (nSPS) is 10.3. The monoisotopic (exact) mass is 310 g/mol. The van der Waals surface area contributed by atoms with Gasteiger partial charge < -0.3 is 10.0 Å². The molecule has 6 heteroatoms. The van der Waals surface area contributed by atoms with Crippen LogP contribution < -0.4 is 5.46 Å². The standard InChI is InChI=1S/C7H6BBr2FO2/c1-3-4(9)2-5(10)6(7(3)11)8(12)13/h2,12-13H,1H3. The number of hydrogen-bond acceptors (Lipinski definition) is 2. The maximum Gasteiger partial charge on any atom is 0.492 e. The van der Waals surface area contributed by atoms with Gasteiger partial charge in [0.1, 0.15) is 5.82 Å². The van der Waals surface area contributed by atoms with Crippen molar-refractivity contribution in [3.63, 3.8) is 0 Å². The van der Waals surface area contributed by atoms with Gasteiger partial charge in [0, 0.05) is 14.4 Å². The molecule has 2 N–H and O–H groups in total. The highest BCUT2D eigenvalue weighted by molar-refractivity contribution is 9.11. The van der Waals surface area contributed by atoms with E-state index in [0.717, 1.165) is 0 Å². The Balaban J connectivity index is 3.44. The molecule has 0 fully saturated rings. The van der Waals surface area contributed by atoms with Crippen molar-refractivity contribution in [2.45, 2.75) is 6.92 Å². The quantitative estimate of drug-likeness (QED) is 0.769. The third-order valence-corrected chi connectivity index (χ3v) is 3.17. The van der Waals surface area contributed by atoms with Gasteiger partial charge in [-0.1, -0.05) is 31.9 Å². The molecule has 0 unspecified atom stereocenters. The summed E-state index contributed by atoms with van der Waals surface area (Å²) in [6.45, 7) is 1.55. The zero-order valence-corrected chi connectivity index (χ0v) is 9.86. The Kier molecular flexibility index (Phi) is 3.51.